The second-order valence-electron chi connectivity index (χ2n) is 28.4. The third kappa shape index (κ3) is 79.7. The van der Waals surface area contributed by atoms with E-state index in [-0.39, 0.29) is 32.0 Å². The van der Waals surface area contributed by atoms with E-state index in [2.05, 4.69) is 123 Å². The average molecular weight is 1360 g/mol. The number of carbonyl (C=O) groups is 2. The first-order valence-electron chi connectivity index (χ1n) is 40.6. The first-order valence-corrected chi connectivity index (χ1v) is 42.1. The van der Waals surface area contributed by atoms with Crippen molar-refractivity contribution in [1.29, 1.82) is 0 Å². The van der Waals surface area contributed by atoms with Crippen molar-refractivity contribution in [2.45, 2.75) is 380 Å². The van der Waals surface area contributed by atoms with Crippen molar-refractivity contribution >= 4 is 19.8 Å². The van der Waals surface area contributed by atoms with Crippen LogP contribution in [0.3, 0.4) is 0 Å². The topological polar surface area (TPSA) is 111 Å². The molecule has 0 radical (unpaired) electrons. The number of ether oxygens (including phenoxy) is 2. The molecule has 0 bridgehead atoms. The molecule has 0 saturated carbocycles. The first kappa shape index (κ1) is 92.7. The van der Waals surface area contributed by atoms with Gasteiger partial charge in [0.15, 0.2) is 6.10 Å². The molecule has 10 heteroatoms. The average Bonchev–Trinajstić information content (AvgIpc) is 2.72. The Labute approximate surface area is 595 Å². The molecule has 0 rings (SSSR count). The summed E-state index contributed by atoms with van der Waals surface area (Å²) < 4.78 is 34.4. The molecule has 0 aromatic carbocycles. The van der Waals surface area contributed by atoms with Crippen molar-refractivity contribution in [1.82, 2.24) is 0 Å². The second kappa shape index (κ2) is 75.9. The van der Waals surface area contributed by atoms with Gasteiger partial charge < -0.3 is 27.9 Å². The van der Waals surface area contributed by atoms with Crippen LogP contribution in [0.5, 0.6) is 0 Å². The standard InChI is InChI=1S/C86H154NO8P/c1-6-8-10-12-14-16-18-20-22-24-26-28-30-32-34-36-38-40-42-43-45-47-49-51-53-55-57-59-61-63-65-67-69-71-73-75-77-79-86(89)95-84(83-94-96(90,91)93-81-80-87(3,4)5)82-92-85(88)78-76-74-72-70-68-66-64-62-60-58-56-54-52-50-48-46-44-41-39-37-35-33-31-29-27-25-23-21-19-17-15-13-11-9-7-2/h8-11,14-17,20-23,26-29,32,34,84H,6-7,12-13,18-19,24-25,30-31,33,35-83H2,1-5H3/b10-8-,11-9-,16-14-,17-15-,22-20-,23-21-,28-26-,29-27-,34-32-. The molecule has 556 valence electrons. The minimum absolute atomic E-state index is 0.0307. The monoisotopic (exact) mass is 1360 g/mol. The van der Waals surface area contributed by atoms with Crippen molar-refractivity contribution in [2.75, 3.05) is 47.5 Å². The van der Waals surface area contributed by atoms with Gasteiger partial charge in [-0.05, 0) is 96.3 Å². The molecular formula is C86H154NO8P. The number of phosphoric ester groups is 1. The highest BCUT2D eigenvalue weighted by Crippen LogP contribution is 2.38. The van der Waals surface area contributed by atoms with Crippen LogP contribution >= 0.6 is 7.82 Å². The predicted octanol–water partition coefficient (Wildman–Crippen LogP) is 26.5. The Bertz CT molecular complexity index is 1990. The fourth-order valence-corrected chi connectivity index (χ4v) is 12.4. The lowest BCUT2D eigenvalue weighted by Gasteiger charge is -2.28. The van der Waals surface area contributed by atoms with Crippen LogP contribution in [0, 0.1) is 0 Å². The number of allylic oxidation sites excluding steroid dienone is 18. The lowest BCUT2D eigenvalue weighted by Crippen LogP contribution is -2.37. The van der Waals surface area contributed by atoms with E-state index in [0.717, 1.165) is 96.3 Å². The minimum Gasteiger partial charge on any atom is -0.756 e. The van der Waals surface area contributed by atoms with Crippen molar-refractivity contribution in [2.24, 2.45) is 0 Å². The zero-order chi connectivity index (χ0) is 69.7. The molecular weight excluding hydrogens is 1210 g/mol. The van der Waals surface area contributed by atoms with Crippen molar-refractivity contribution in [3.63, 3.8) is 0 Å². The van der Waals surface area contributed by atoms with Crippen LogP contribution in [-0.2, 0) is 32.7 Å². The largest absolute Gasteiger partial charge is 0.756 e. The van der Waals surface area contributed by atoms with Gasteiger partial charge in [0.1, 0.15) is 19.8 Å². The van der Waals surface area contributed by atoms with Crippen molar-refractivity contribution in [3.05, 3.63) is 109 Å². The van der Waals surface area contributed by atoms with Gasteiger partial charge in [-0.15, -0.1) is 0 Å². The highest BCUT2D eigenvalue weighted by Gasteiger charge is 2.22. The highest BCUT2D eigenvalue weighted by molar-refractivity contribution is 7.45. The molecule has 2 atom stereocenters. The Kier molecular flexibility index (Phi) is 73.2. The number of rotatable bonds is 75. The number of esters is 2. The van der Waals surface area contributed by atoms with Gasteiger partial charge in [-0.2, -0.15) is 0 Å². The number of carbonyl (C=O) groups excluding carboxylic acids is 2. The van der Waals surface area contributed by atoms with Gasteiger partial charge in [0.2, 0.25) is 0 Å². The molecule has 0 spiro atoms. The fourth-order valence-electron chi connectivity index (χ4n) is 11.7. The highest BCUT2D eigenvalue weighted by atomic mass is 31.2. The summed E-state index contributed by atoms with van der Waals surface area (Å²) in [5.74, 6) is -0.815. The van der Waals surface area contributed by atoms with Gasteiger partial charge >= 0.3 is 11.9 Å². The summed E-state index contributed by atoms with van der Waals surface area (Å²) in [4.78, 5) is 38.2. The Morgan fingerprint density at radius 1 is 0.323 bits per heavy atom. The smallest absolute Gasteiger partial charge is 0.306 e. The maximum Gasteiger partial charge on any atom is 0.306 e. The van der Waals surface area contributed by atoms with Crippen LogP contribution in [0.1, 0.15) is 373 Å². The lowest BCUT2D eigenvalue weighted by atomic mass is 10.0. The SMILES string of the molecule is CC/C=C\C/C=C\C/C=C\C/C=C\C/C=C\CCCCCCCCCCCCCCCCCCCCCCCC(=O)OC(COC(=O)CCCCCCCCCCCCCCCCCCCCCCCC/C=C\C/C=C\C/C=C\C/C=C\CC)COP(=O)([O-])OCC[N+](C)(C)C. The fraction of sp³-hybridized carbons (Fsp3) is 0.767. The molecule has 0 aromatic rings. The number of hydrogen-bond donors (Lipinski definition) is 0. The summed E-state index contributed by atoms with van der Waals surface area (Å²) in [7, 11) is 1.18. The van der Waals surface area contributed by atoms with Crippen LogP contribution in [0.2, 0.25) is 0 Å². The van der Waals surface area contributed by atoms with Crippen LogP contribution in [-0.4, -0.2) is 70.0 Å². The summed E-state index contributed by atoms with van der Waals surface area (Å²) in [5, 5.41) is 0. The Morgan fingerprint density at radius 2 is 0.562 bits per heavy atom. The summed E-state index contributed by atoms with van der Waals surface area (Å²) in [6.07, 6.45) is 108. The van der Waals surface area contributed by atoms with Crippen molar-refractivity contribution < 1.29 is 42.1 Å². The Morgan fingerprint density at radius 3 is 0.833 bits per heavy atom. The number of likely N-dealkylation sites (N-methyl/N-ethyl adjacent to an activating group) is 1. The molecule has 0 fully saturated rings. The second-order valence-corrected chi connectivity index (χ2v) is 29.8. The molecule has 9 nitrogen and oxygen atoms in total. The van der Waals surface area contributed by atoms with Gasteiger partial charge in [0.05, 0.1) is 27.7 Å². The van der Waals surface area contributed by atoms with Crippen molar-refractivity contribution in [3.8, 4) is 0 Å². The molecule has 0 aliphatic carbocycles. The number of quaternary nitrogens is 1. The van der Waals surface area contributed by atoms with Gasteiger partial charge in [-0.1, -0.05) is 374 Å². The van der Waals surface area contributed by atoms with E-state index in [9.17, 15) is 19.0 Å². The third-order valence-electron chi connectivity index (χ3n) is 17.8. The number of unbranched alkanes of at least 4 members (excludes halogenated alkanes) is 43. The van der Waals surface area contributed by atoms with Gasteiger partial charge in [-0.3, -0.25) is 14.2 Å². The van der Waals surface area contributed by atoms with Crippen LogP contribution in [0.25, 0.3) is 0 Å². The Hall–Kier alpha value is -3.33. The number of hydrogen-bond acceptors (Lipinski definition) is 8. The molecule has 0 saturated heterocycles. The molecule has 0 heterocycles. The summed E-state index contributed by atoms with van der Waals surface area (Å²) in [6.45, 7) is 4.07. The van der Waals surface area contributed by atoms with Gasteiger partial charge in [0, 0.05) is 12.8 Å². The van der Waals surface area contributed by atoms with Gasteiger partial charge in [0.25, 0.3) is 7.82 Å². The van der Waals surface area contributed by atoms with Crippen LogP contribution in [0.15, 0.2) is 109 Å². The summed E-state index contributed by atoms with van der Waals surface area (Å²) in [6, 6.07) is 0. The van der Waals surface area contributed by atoms with E-state index in [4.69, 9.17) is 18.5 Å². The zero-order valence-electron chi connectivity index (χ0n) is 63.6. The summed E-state index contributed by atoms with van der Waals surface area (Å²) in [5.41, 5.74) is 0. The molecule has 0 N–H and O–H groups in total. The molecule has 0 aromatic heterocycles. The lowest BCUT2D eigenvalue weighted by molar-refractivity contribution is -0.870. The summed E-state index contributed by atoms with van der Waals surface area (Å²) >= 11 is 0. The number of nitrogens with zero attached hydrogens (tertiary/aromatic N) is 1. The first-order chi connectivity index (χ1) is 47.0. The maximum absolute atomic E-state index is 12.9. The molecule has 2 unspecified atom stereocenters. The van der Waals surface area contributed by atoms with E-state index in [1.165, 1.54) is 244 Å². The third-order valence-corrected chi connectivity index (χ3v) is 18.8. The van der Waals surface area contributed by atoms with E-state index in [1.54, 1.807) is 0 Å². The Balaban J connectivity index is 3.92. The minimum atomic E-state index is -4.65. The zero-order valence-corrected chi connectivity index (χ0v) is 64.5. The van der Waals surface area contributed by atoms with E-state index < -0.39 is 26.5 Å². The van der Waals surface area contributed by atoms with Crippen LogP contribution < -0.4 is 4.89 Å². The van der Waals surface area contributed by atoms with Crippen LogP contribution in [0.4, 0.5) is 0 Å². The quantitative estimate of drug-likeness (QED) is 0.0195. The molecule has 0 amide bonds. The normalized spacial score (nSPS) is 13.6. The number of phosphoric acid groups is 1. The van der Waals surface area contributed by atoms with E-state index in [1.807, 2.05) is 21.1 Å². The molecule has 0 aliphatic heterocycles. The maximum atomic E-state index is 12.9. The predicted molar refractivity (Wildman–Crippen MR) is 415 cm³/mol. The molecule has 0 aliphatic rings. The van der Waals surface area contributed by atoms with E-state index in [0.29, 0.717) is 17.4 Å². The van der Waals surface area contributed by atoms with E-state index >= 15 is 0 Å². The molecule has 96 heavy (non-hydrogen) atoms. The van der Waals surface area contributed by atoms with Gasteiger partial charge in [-0.25, -0.2) is 0 Å².